The molecule has 1 aliphatic heterocycles. The summed E-state index contributed by atoms with van der Waals surface area (Å²) >= 11 is 0. The number of amides is 1. The lowest BCUT2D eigenvalue weighted by molar-refractivity contribution is 0.0770. The monoisotopic (exact) mass is 370 g/mol. The van der Waals surface area contributed by atoms with Gasteiger partial charge >= 0.3 is 0 Å². The number of likely N-dealkylation sites (tertiary alicyclic amines) is 1. The van der Waals surface area contributed by atoms with Gasteiger partial charge in [-0.25, -0.2) is 9.97 Å². The summed E-state index contributed by atoms with van der Waals surface area (Å²) in [5.41, 5.74) is 1.83. The van der Waals surface area contributed by atoms with E-state index in [0.717, 1.165) is 25.2 Å². The molecule has 0 saturated carbocycles. The largest absolute Gasteiger partial charge is 0.477 e. The topological polar surface area (TPSA) is 67.8 Å². The van der Waals surface area contributed by atoms with Crippen molar-refractivity contribution in [2.75, 3.05) is 38.2 Å². The van der Waals surface area contributed by atoms with E-state index < -0.39 is 0 Å². The van der Waals surface area contributed by atoms with Crippen LogP contribution >= 0.6 is 0 Å². The second kappa shape index (κ2) is 8.70. The van der Waals surface area contributed by atoms with Crippen molar-refractivity contribution in [2.45, 2.75) is 26.4 Å². The van der Waals surface area contributed by atoms with Crippen molar-refractivity contribution in [1.82, 2.24) is 14.9 Å². The predicted molar refractivity (Wildman–Crippen MR) is 104 cm³/mol. The molecule has 7 heteroatoms. The van der Waals surface area contributed by atoms with Gasteiger partial charge in [0, 0.05) is 49.7 Å². The first-order valence-corrected chi connectivity index (χ1v) is 9.32. The van der Waals surface area contributed by atoms with Crippen molar-refractivity contribution >= 4 is 11.6 Å². The molecule has 1 aliphatic rings. The molecular formula is C20H26N4O3. The number of ether oxygens (including phenoxy) is 2. The van der Waals surface area contributed by atoms with Gasteiger partial charge in [-0.1, -0.05) is 0 Å². The van der Waals surface area contributed by atoms with E-state index in [2.05, 4.69) is 28.7 Å². The van der Waals surface area contributed by atoms with Crippen LogP contribution in [-0.2, 0) is 0 Å². The molecule has 0 radical (unpaired) electrons. The summed E-state index contributed by atoms with van der Waals surface area (Å²) in [6.45, 7) is 7.32. The Balaban J connectivity index is 1.62. The van der Waals surface area contributed by atoms with E-state index in [1.807, 2.05) is 29.2 Å². The maximum absolute atomic E-state index is 12.8. The Kier molecular flexibility index (Phi) is 6.11. The van der Waals surface area contributed by atoms with Gasteiger partial charge in [0.1, 0.15) is 6.10 Å². The van der Waals surface area contributed by atoms with E-state index in [0.29, 0.717) is 30.4 Å². The average molecular weight is 370 g/mol. The summed E-state index contributed by atoms with van der Waals surface area (Å²) < 4.78 is 11.1. The minimum Gasteiger partial charge on any atom is -0.477 e. The highest BCUT2D eigenvalue weighted by atomic mass is 16.5. The van der Waals surface area contributed by atoms with E-state index in [9.17, 15) is 4.79 Å². The minimum atomic E-state index is -0.116. The third-order valence-electron chi connectivity index (χ3n) is 4.78. The zero-order chi connectivity index (χ0) is 19.2. The first-order chi connectivity index (χ1) is 13.2. The number of carbonyl (C=O) groups is 1. The molecule has 0 spiro atoms. The Bertz CT molecular complexity index is 762. The summed E-state index contributed by atoms with van der Waals surface area (Å²) in [5, 5.41) is 0. The number of anilines is 1. The quantitative estimate of drug-likeness (QED) is 0.746. The first-order valence-electron chi connectivity index (χ1n) is 9.32. The van der Waals surface area contributed by atoms with Crippen LogP contribution in [0.25, 0.3) is 0 Å². The Labute approximate surface area is 159 Å². The zero-order valence-corrected chi connectivity index (χ0v) is 16.1. The molecule has 1 aromatic heterocycles. The molecule has 27 heavy (non-hydrogen) atoms. The number of hydrogen-bond donors (Lipinski definition) is 0. The second-order valence-corrected chi connectivity index (χ2v) is 6.37. The second-order valence-electron chi connectivity index (χ2n) is 6.37. The molecule has 2 aromatic rings. The Morgan fingerprint density at radius 2 is 1.81 bits per heavy atom. The molecule has 1 fully saturated rings. The molecule has 1 unspecified atom stereocenters. The van der Waals surface area contributed by atoms with Gasteiger partial charge in [-0.15, -0.1) is 0 Å². The van der Waals surface area contributed by atoms with Gasteiger partial charge in [0.2, 0.25) is 0 Å². The number of hydrogen-bond acceptors (Lipinski definition) is 6. The van der Waals surface area contributed by atoms with E-state index in [4.69, 9.17) is 9.47 Å². The third-order valence-corrected chi connectivity index (χ3v) is 4.78. The van der Waals surface area contributed by atoms with Crippen LogP contribution in [0.5, 0.6) is 11.8 Å². The zero-order valence-electron chi connectivity index (χ0n) is 16.1. The van der Waals surface area contributed by atoms with Crippen molar-refractivity contribution in [3.05, 3.63) is 42.2 Å². The highest BCUT2D eigenvalue weighted by molar-refractivity contribution is 5.94. The molecule has 2 heterocycles. The van der Waals surface area contributed by atoms with Gasteiger partial charge < -0.3 is 19.3 Å². The summed E-state index contributed by atoms with van der Waals surface area (Å²) in [6.07, 6.45) is 3.75. The molecule has 1 saturated heterocycles. The van der Waals surface area contributed by atoms with E-state index in [-0.39, 0.29) is 12.0 Å². The molecule has 1 aromatic carbocycles. The van der Waals surface area contributed by atoms with Crippen LogP contribution in [0.1, 0.15) is 30.6 Å². The molecule has 1 amide bonds. The lowest BCUT2D eigenvalue weighted by Crippen LogP contribution is -2.31. The minimum absolute atomic E-state index is 0.0262. The van der Waals surface area contributed by atoms with Crippen LogP contribution in [0.4, 0.5) is 5.69 Å². The van der Waals surface area contributed by atoms with Crippen molar-refractivity contribution in [3.8, 4) is 11.8 Å². The number of nitrogens with zero attached hydrogens (tertiary/aromatic N) is 4. The fourth-order valence-electron chi connectivity index (χ4n) is 3.29. The highest BCUT2D eigenvalue weighted by Gasteiger charge is 2.29. The van der Waals surface area contributed by atoms with E-state index in [1.54, 1.807) is 12.4 Å². The number of benzene rings is 1. The van der Waals surface area contributed by atoms with E-state index in [1.165, 1.54) is 7.11 Å². The predicted octanol–water partition coefficient (Wildman–Crippen LogP) is 2.62. The number of methoxy groups -OCH3 is 1. The Morgan fingerprint density at radius 1 is 1.15 bits per heavy atom. The summed E-state index contributed by atoms with van der Waals surface area (Å²) in [5.74, 6) is 0.746. The van der Waals surface area contributed by atoms with Gasteiger partial charge in [0.15, 0.2) is 0 Å². The van der Waals surface area contributed by atoms with Crippen molar-refractivity contribution in [2.24, 2.45) is 0 Å². The third kappa shape index (κ3) is 4.30. The van der Waals surface area contributed by atoms with Gasteiger partial charge in [-0.05, 0) is 38.1 Å². The maximum atomic E-state index is 12.8. The van der Waals surface area contributed by atoms with Crippen molar-refractivity contribution in [1.29, 1.82) is 0 Å². The van der Waals surface area contributed by atoms with Crippen LogP contribution in [0.3, 0.4) is 0 Å². The lowest BCUT2D eigenvalue weighted by Gasteiger charge is -2.22. The summed E-state index contributed by atoms with van der Waals surface area (Å²) in [6, 6.07) is 7.81. The SMILES string of the molecule is CCN(CC)c1ccc(C(=O)N2CCC(Oc3nccnc3OC)C2)cc1. The van der Waals surface area contributed by atoms with Crippen LogP contribution in [0.2, 0.25) is 0 Å². The molecule has 3 rings (SSSR count). The number of aromatic nitrogens is 2. The average Bonchev–Trinajstić information content (AvgIpc) is 3.18. The lowest BCUT2D eigenvalue weighted by atomic mass is 10.1. The molecule has 144 valence electrons. The Hall–Kier alpha value is -2.83. The maximum Gasteiger partial charge on any atom is 0.278 e. The van der Waals surface area contributed by atoms with Crippen LogP contribution < -0.4 is 14.4 Å². The van der Waals surface area contributed by atoms with Crippen LogP contribution in [0, 0.1) is 0 Å². The van der Waals surface area contributed by atoms with Crippen LogP contribution in [-0.4, -0.2) is 60.2 Å². The van der Waals surface area contributed by atoms with Crippen molar-refractivity contribution < 1.29 is 14.3 Å². The van der Waals surface area contributed by atoms with E-state index >= 15 is 0 Å². The first kappa shape index (κ1) is 18.9. The molecule has 0 N–H and O–H groups in total. The fraction of sp³-hybridized carbons (Fsp3) is 0.450. The summed E-state index contributed by atoms with van der Waals surface area (Å²) in [4.78, 5) is 25.1. The van der Waals surface area contributed by atoms with Gasteiger partial charge in [-0.2, -0.15) is 0 Å². The number of carbonyl (C=O) groups excluding carboxylic acids is 1. The Morgan fingerprint density at radius 3 is 2.44 bits per heavy atom. The molecule has 7 nitrogen and oxygen atoms in total. The van der Waals surface area contributed by atoms with Gasteiger partial charge in [0.05, 0.1) is 13.7 Å². The van der Waals surface area contributed by atoms with Crippen molar-refractivity contribution in [3.63, 3.8) is 0 Å². The van der Waals surface area contributed by atoms with Gasteiger partial charge in [0.25, 0.3) is 17.7 Å². The summed E-state index contributed by atoms with van der Waals surface area (Å²) in [7, 11) is 1.53. The molecular weight excluding hydrogens is 344 g/mol. The molecule has 0 aliphatic carbocycles. The molecule has 0 bridgehead atoms. The standard InChI is InChI=1S/C20H26N4O3/c1-4-23(5-2)16-8-6-15(7-9-16)20(25)24-13-10-17(14-24)27-19-18(26-3)21-11-12-22-19/h6-9,11-12,17H,4-5,10,13-14H2,1-3H3. The fourth-order valence-corrected chi connectivity index (χ4v) is 3.29. The normalized spacial score (nSPS) is 16.3. The van der Waals surface area contributed by atoms with Gasteiger partial charge in [-0.3, -0.25) is 4.79 Å². The smallest absolute Gasteiger partial charge is 0.278 e. The molecule has 1 atom stereocenters. The van der Waals surface area contributed by atoms with Crippen LogP contribution in [0.15, 0.2) is 36.7 Å². The number of rotatable bonds is 7. The highest BCUT2D eigenvalue weighted by Crippen LogP contribution is 2.25.